The SMILES string of the molecule is Cc1c(F)cccc1NC(=O)c1ccncc1O. The summed E-state index contributed by atoms with van der Waals surface area (Å²) in [6, 6.07) is 5.80. The first kappa shape index (κ1) is 12.0. The first-order valence-corrected chi connectivity index (χ1v) is 5.29. The molecule has 1 aromatic carbocycles. The number of rotatable bonds is 2. The lowest BCUT2D eigenvalue weighted by molar-refractivity contribution is 0.102. The number of halogens is 1. The molecule has 0 aliphatic heterocycles. The Morgan fingerprint density at radius 2 is 2.17 bits per heavy atom. The number of anilines is 1. The van der Waals surface area contributed by atoms with Crippen LogP contribution in [0.2, 0.25) is 0 Å². The molecule has 0 atom stereocenters. The fraction of sp³-hybridized carbons (Fsp3) is 0.0769. The second kappa shape index (κ2) is 4.83. The smallest absolute Gasteiger partial charge is 0.259 e. The number of pyridine rings is 1. The lowest BCUT2D eigenvalue weighted by Gasteiger charge is -2.09. The van der Waals surface area contributed by atoms with Gasteiger partial charge >= 0.3 is 0 Å². The van der Waals surface area contributed by atoms with Gasteiger partial charge in [-0.15, -0.1) is 0 Å². The van der Waals surface area contributed by atoms with Crippen LogP contribution in [0.5, 0.6) is 5.75 Å². The van der Waals surface area contributed by atoms with Crippen LogP contribution in [-0.2, 0) is 0 Å². The zero-order chi connectivity index (χ0) is 13.1. The van der Waals surface area contributed by atoms with Gasteiger partial charge in [0.1, 0.15) is 11.6 Å². The number of hydrogen-bond acceptors (Lipinski definition) is 3. The van der Waals surface area contributed by atoms with Crippen LogP contribution in [0.4, 0.5) is 10.1 Å². The number of hydrogen-bond donors (Lipinski definition) is 2. The van der Waals surface area contributed by atoms with Gasteiger partial charge < -0.3 is 10.4 Å². The van der Waals surface area contributed by atoms with E-state index in [1.807, 2.05) is 0 Å². The van der Waals surface area contributed by atoms with Crippen molar-refractivity contribution in [2.75, 3.05) is 5.32 Å². The number of aromatic hydroxyl groups is 1. The van der Waals surface area contributed by atoms with E-state index in [4.69, 9.17) is 0 Å². The maximum absolute atomic E-state index is 13.3. The van der Waals surface area contributed by atoms with Gasteiger partial charge in [-0.3, -0.25) is 9.78 Å². The summed E-state index contributed by atoms with van der Waals surface area (Å²) < 4.78 is 13.3. The summed E-state index contributed by atoms with van der Waals surface area (Å²) in [7, 11) is 0. The van der Waals surface area contributed by atoms with E-state index in [0.717, 1.165) is 0 Å². The molecule has 2 aromatic rings. The van der Waals surface area contributed by atoms with Gasteiger partial charge in [-0.1, -0.05) is 6.07 Å². The first-order chi connectivity index (χ1) is 8.59. The molecule has 0 spiro atoms. The number of nitrogens with one attached hydrogen (secondary N) is 1. The lowest BCUT2D eigenvalue weighted by atomic mass is 10.1. The van der Waals surface area contributed by atoms with E-state index < -0.39 is 11.7 Å². The summed E-state index contributed by atoms with van der Waals surface area (Å²) in [5.41, 5.74) is 0.810. The van der Waals surface area contributed by atoms with E-state index in [1.54, 1.807) is 13.0 Å². The van der Waals surface area contributed by atoms with Gasteiger partial charge in [0.25, 0.3) is 5.91 Å². The van der Waals surface area contributed by atoms with E-state index in [-0.39, 0.29) is 11.3 Å². The molecule has 18 heavy (non-hydrogen) atoms. The van der Waals surface area contributed by atoms with Crippen molar-refractivity contribution < 1.29 is 14.3 Å². The maximum atomic E-state index is 13.3. The summed E-state index contributed by atoms with van der Waals surface area (Å²) in [4.78, 5) is 15.6. The van der Waals surface area contributed by atoms with Crippen LogP contribution in [-0.4, -0.2) is 16.0 Å². The molecule has 0 aliphatic carbocycles. The zero-order valence-corrected chi connectivity index (χ0v) is 9.64. The van der Waals surface area contributed by atoms with Gasteiger partial charge in [0.2, 0.25) is 0 Å². The molecule has 0 aliphatic rings. The van der Waals surface area contributed by atoms with Gasteiger partial charge in [0.15, 0.2) is 0 Å². The molecular weight excluding hydrogens is 235 g/mol. The molecule has 0 radical (unpaired) electrons. The van der Waals surface area contributed by atoms with Gasteiger partial charge in [0.05, 0.1) is 11.8 Å². The standard InChI is InChI=1S/C13H11FN2O2/c1-8-10(14)3-2-4-11(8)16-13(18)9-5-6-15-7-12(9)17/h2-7,17H,1H3,(H,16,18). The predicted octanol–water partition coefficient (Wildman–Crippen LogP) is 2.49. The van der Waals surface area contributed by atoms with Crippen LogP contribution >= 0.6 is 0 Å². The zero-order valence-electron chi connectivity index (χ0n) is 9.64. The largest absolute Gasteiger partial charge is 0.505 e. The van der Waals surface area contributed by atoms with Crippen molar-refractivity contribution in [2.24, 2.45) is 0 Å². The molecule has 0 unspecified atom stereocenters. The molecule has 1 aromatic heterocycles. The third kappa shape index (κ3) is 2.29. The number of aromatic nitrogens is 1. The van der Waals surface area contributed by atoms with Crippen LogP contribution in [0.25, 0.3) is 0 Å². The minimum absolute atomic E-state index is 0.0914. The summed E-state index contributed by atoms with van der Waals surface area (Å²) >= 11 is 0. The molecule has 0 fully saturated rings. The van der Waals surface area contributed by atoms with Crippen molar-refractivity contribution in [1.29, 1.82) is 0 Å². The third-order valence-corrected chi connectivity index (χ3v) is 2.56. The van der Waals surface area contributed by atoms with E-state index in [9.17, 15) is 14.3 Å². The second-order valence-electron chi connectivity index (χ2n) is 3.76. The van der Waals surface area contributed by atoms with Crippen LogP contribution in [0.15, 0.2) is 36.7 Å². The van der Waals surface area contributed by atoms with E-state index >= 15 is 0 Å². The van der Waals surface area contributed by atoms with Crippen LogP contribution in [0.3, 0.4) is 0 Å². The Morgan fingerprint density at radius 3 is 2.89 bits per heavy atom. The number of carbonyl (C=O) groups is 1. The quantitative estimate of drug-likeness (QED) is 0.855. The first-order valence-electron chi connectivity index (χ1n) is 5.29. The molecule has 4 nitrogen and oxygen atoms in total. The molecule has 2 rings (SSSR count). The minimum Gasteiger partial charge on any atom is -0.505 e. The fourth-order valence-electron chi connectivity index (χ4n) is 1.51. The average molecular weight is 246 g/mol. The molecular formula is C13H11FN2O2. The molecule has 1 amide bonds. The number of benzene rings is 1. The van der Waals surface area contributed by atoms with Crippen molar-refractivity contribution >= 4 is 11.6 Å². The number of carbonyl (C=O) groups excluding carboxylic acids is 1. The Bertz CT molecular complexity index is 599. The topological polar surface area (TPSA) is 62.2 Å². The van der Waals surface area contributed by atoms with Gasteiger partial charge in [-0.25, -0.2) is 4.39 Å². The Morgan fingerprint density at radius 1 is 1.39 bits per heavy atom. The van der Waals surface area contributed by atoms with Gasteiger partial charge in [0, 0.05) is 17.4 Å². The van der Waals surface area contributed by atoms with Crippen molar-refractivity contribution in [1.82, 2.24) is 4.98 Å². The average Bonchev–Trinajstić information content (AvgIpc) is 2.35. The summed E-state index contributed by atoms with van der Waals surface area (Å²) in [5.74, 6) is -1.13. The van der Waals surface area contributed by atoms with Crippen LogP contribution in [0.1, 0.15) is 15.9 Å². The highest BCUT2D eigenvalue weighted by atomic mass is 19.1. The monoisotopic (exact) mass is 246 g/mol. The van der Waals surface area contributed by atoms with E-state index in [1.165, 1.54) is 30.6 Å². The van der Waals surface area contributed by atoms with Crippen molar-refractivity contribution in [3.63, 3.8) is 0 Å². The summed E-state index contributed by atoms with van der Waals surface area (Å²) in [6.07, 6.45) is 2.57. The Hall–Kier alpha value is -2.43. The Kier molecular flexibility index (Phi) is 3.23. The minimum atomic E-state index is -0.511. The Balaban J connectivity index is 2.27. The van der Waals surface area contributed by atoms with Crippen molar-refractivity contribution in [2.45, 2.75) is 6.92 Å². The Labute approximate surface area is 103 Å². The number of amides is 1. The van der Waals surface area contributed by atoms with Gasteiger partial charge in [-0.05, 0) is 25.1 Å². The molecule has 2 N–H and O–H groups in total. The molecule has 0 saturated carbocycles. The fourth-order valence-corrected chi connectivity index (χ4v) is 1.51. The van der Waals surface area contributed by atoms with E-state index in [0.29, 0.717) is 11.3 Å². The third-order valence-electron chi connectivity index (χ3n) is 2.56. The lowest BCUT2D eigenvalue weighted by Crippen LogP contribution is -2.13. The van der Waals surface area contributed by atoms with Crippen molar-refractivity contribution in [3.05, 3.63) is 53.6 Å². The van der Waals surface area contributed by atoms with Crippen LogP contribution < -0.4 is 5.32 Å². The molecule has 0 bridgehead atoms. The predicted molar refractivity (Wildman–Crippen MR) is 65.0 cm³/mol. The summed E-state index contributed by atoms with van der Waals surface area (Å²) in [5, 5.41) is 12.0. The highest BCUT2D eigenvalue weighted by molar-refractivity contribution is 6.06. The number of nitrogens with zero attached hydrogens (tertiary/aromatic N) is 1. The molecule has 0 saturated heterocycles. The van der Waals surface area contributed by atoms with E-state index in [2.05, 4.69) is 10.3 Å². The molecule has 92 valence electrons. The van der Waals surface area contributed by atoms with Gasteiger partial charge in [-0.2, -0.15) is 0 Å². The highest BCUT2D eigenvalue weighted by Gasteiger charge is 2.12. The van der Waals surface area contributed by atoms with Crippen LogP contribution in [0, 0.1) is 12.7 Å². The maximum Gasteiger partial charge on any atom is 0.259 e. The molecule has 5 heteroatoms. The molecule has 1 heterocycles. The normalized spacial score (nSPS) is 10.1. The highest BCUT2D eigenvalue weighted by Crippen LogP contribution is 2.20. The van der Waals surface area contributed by atoms with Crippen molar-refractivity contribution in [3.8, 4) is 5.75 Å². The second-order valence-corrected chi connectivity index (χ2v) is 3.76. The summed E-state index contributed by atoms with van der Waals surface area (Å²) in [6.45, 7) is 1.57.